The molecule has 1 aromatic carbocycles. The minimum atomic E-state index is 0.574. The second-order valence-electron chi connectivity index (χ2n) is 6.24. The van der Waals surface area contributed by atoms with Gasteiger partial charge in [-0.05, 0) is 36.5 Å². The number of aryl methyl sites for hydroxylation is 1. The summed E-state index contributed by atoms with van der Waals surface area (Å²) in [4.78, 5) is 0. The van der Waals surface area contributed by atoms with E-state index >= 15 is 0 Å². The summed E-state index contributed by atoms with van der Waals surface area (Å²) in [5.41, 5.74) is 2.85. The molecule has 0 bridgehead atoms. The van der Waals surface area contributed by atoms with E-state index in [9.17, 15) is 0 Å². The number of rotatable bonds is 8. The summed E-state index contributed by atoms with van der Waals surface area (Å²) in [6, 6.07) is 7.95. The lowest BCUT2D eigenvalue weighted by atomic mass is 9.98. The minimum absolute atomic E-state index is 0.574. The van der Waals surface area contributed by atoms with Crippen molar-refractivity contribution in [2.75, 3.05) is 6.61 Å². The predicted octanol–water partition coefficient (Wildman–Crippen LogP) is 4.11. The number of benzene rings is 1. The highest BCUT2D eigenvalue weighted by Gasteiger charge is 2.13. The molecular formula is C18H29NO. The lowest BCUT2D eigenvalue weighted by Crippen LogP contribution is -2.35. The van der Waals surface area contributed by atoms with E-state index in [4.69, 9.17) is 4.74 Å². The Balaban J connectivity index is 1.87. The molecule has 0 fully saturated rings. The van der Waals surface area contributed by atoms with Crippen LogP contribution >= 0.6 is 0 Å². The van der Waals surface area contributed by atoms with Crippen molar-refractivity contribution in [1.82, 2.24) is 5.32 Å². The van der Waals surface area contributed by atoms with Crippen molar-refractivity contribution < 1.29 is 4.74 Å². The Morgan fingerprint density at radius 3 is 2.85 bits per heavy atom. The molecule has 1 heterocycles. The summed E-state index contributed by atoms with van der Waals surface area (Å²) >= 11 is 0. The summed E-state index contributed by atoms with van der Waals surface area (Å²) < 4.78 is 5.57. The highest BCUT2D eigenvalue weighted by Crippen LogP contribution is 2.26. The zero-order chi connectivity index (χ0) is 14.4. The van der Waals surface area contributed by atoms with E-state index < -0.39 is 0 Å². The first-order chi connectivity index (χ1) is 9.69. The Labute approximate surface area is 123 Å². The van der Waals surface area contributed by atoms with Crippen molar-refractivity contribution in [2.45, 2.75) is 71.4 Å². The monoisotopic (exact) mass is 275 g/mol. The molecule has 0 aromatic heterocycles. The number of unbranched alkanes of at least 4 members (excludes halogenated alkanes) is 1. The van der Waals surface area contributed by atoms with E-state index in [-0.39, 0.29) is 0 Å². The van der Waals surface area contributed by atoms with Crippen LogP contribution in [0, 0.1) is 0 Å². The van der Waals surface area contributed by atoms with Crippen LogP contribution in [-0.2, 0) is 12.8 Å². The van der Waals surface area contributed by atoms with Crippen molar-refractivity contribution in [2.24, 2.45) is 0 Å². The van der Waals surface area contributed by atoms with Gasteiger partial charge in [-0.1, -0.05) is 45.7 Å². The molecule has 1 aliphatic heterocycles. The Bertz CT molecular complexity index is 414. The third-order valence-electron chi connectivity index (χ3n) is 4.01. The van der Waals surface area contributed by atoms with Gasteiger partial charge in [0.15, 0.2) is 0 Å². The maximum absolute atomic E-state index is 5.57. The molecule has 1 atom stereocenters. The van der Waals surface area contributed by atoms with Gasteiger partial charge in [0.25, 0.3) is 0 Å². The van der Waals surface area contributed by atoms with Crippen LogP contribution in [0.25, 0.3) is 0 Å². The van der Waals surface area contributed by atoms with E-state index in [2.05, 4.69) is 44.3 Å². The second kappa shape index (κ2) is 7.68. The summed E-state index contributed by atoms with van der Waals surface area (Å²) in [5, 5.41) is 3.71. The first kappa shape index (κ1) is 15.4. The normalized spacial score (nSPS) is 15.2. The third kappa shape index (κ3) is 4.52. The van der Waals surface area contributed by atoms with Crippen LogP contribution in [0.1, 0.15) is 57.6 Å². The molecule has 2 heteroatoms. The molecule has 0 aliphatic carbocycles. The molecule has 0 saturated heterocycles. The smallest absolute Gasteiger partial charge is 0.122 e. The van der Waals surface area contributed by atoms with Gasteiger partial charge in [0, 0.05) is 18.5 Å². The topological polar surface area (TPSA) is 21.3 Å². The SMILES string of the molecule is CCCCC(CCc1ccc2c(c1)CCO2)NC(C)C. The van der Waals surface area contributed by atoms with Crippen LogP contribution in [0.4, 0.5) is 0 Å². The van der Waals surface area contributed by atoms with Crippen molar-refractivity contribution in [1.29, 1.82) is 0 Å². The predicted molar refractivity (Wildman–Crippen MR) is 85.5 cm³/mol. The molecule has 0 radical (unpaired) electrons. The highest BCUT2D eigenvalue weighted by molar-refractivity contribution is 5.39. The highest BCUT2D eigenvalue weighted by atomic mass is 16.5. The first-order valence-corrected chi connectivity index (χ1v) is 8.19. The van der Waals surface area contributed by atoms with Crippen molar-refractivity contribution >= 4 is 0 Å². The fourth-order valence-corrected chi connectivity index (χ4v) is 2.97. The maximum atomic E-state index is 5.57. The molecule has 1 unspecified atom stereocenters. The molecule has 0 saturated carbocycles. The summed E-state index contributed by atoms with van der Waals surface area (Å²) in [7, 11) is 0. The zero-order valence-corrected chi connectivity index (χ0v) is 13.2. The number of ether oxygens (including phenoxy) is 1. The van der Waals surface area contributed by atoms with Crippen LogP contribution in [-0.4, -0.2) is 18.7 Å². The quantitative estimate of drug-likeness (QED) is 0.771. The van der Waals surface area contributed by atoms with Gasteiger partial charge >= 0.3 is 0 Å². The number of fused-ring (bicyclic) bond motifs is 1. The molecule has 2 nitrogen and oxygen atoms in total. The van der Waals surface area contributed by atoms with Gasteiger partial charge in [0.1, 0.15) is 5.75 Å². The van der Waals surface area contributed by atoms with Gasteiger partial charge in [0.05, 0.1) is 6.61 Å². The van der Waals surface area contributed by atoms with E-state index in [0.29, 0.717) is 12.1 Å². The summed E-state index contributed by atoms with van der Waals surface area (Å²) in [6.45, 7) is 7.61. The lowest BCUT2D eigenvalue weighted by Gasteiger charge is -2.21. The molecule has 20 heavy (non-hydrogen) atoms. The number of nitrogens with one attached hydrogen (secondary N) is 1. The second-order valence-corrected chi connectivity index (χ2v) is 6.24. The van der Waals surface area contributed by atoms with Crippen molar-refractivity contribution in [3.05, 3.63) is 29.3 Å². The van der Waals surface area contributed by atoms with Crippen molar-refractivity contribution in [3.8, 4) is 5.75 Å². The van der Waals surface area contributed by atoms with Crippen LogP contribution in [0.3, 0.4) is 0 Å². The van der Waals surface area contributed by atoms with Crippen LogP contribution in [0.2, 0.25) is 0 Å². The Hall–Kier alpha value is -1.02. The molecule has 1 aliphatic rings. The largest absolute Gasteiger partial charge is 0.493 e. The molecule has 2 rings (SSSR count). The fraction of sp³-hybridized carbons (Fsp3) is 0.667. The minimum Gasteiger partial charge on any atom is -0.493 e. The molecule has 0 amide bonds. The molecule has 1 aromatic rings. The molecular weight excluding hydrogens is 246 g/mol. The first-order valence-electron chi connectivity index (χ1n) is 8.19. The van der Waals surface area contributed by atoms with Gasteiger partial charge < -0.3 is 10.1 Å². The van der Waals surface area contributed by atoms with Crippen molar-refractivity contribution in [3.63, 3.8) is 0 Å². The maximum Gasteiger partial charge on any atom is 0.122 e. The average Bonchev–Trinajstić information content (AvgIpc) is 2.88. The van der Waals surface area contributed by atoms with E-state index in [1.165, 1.54) is 43.2 Å². The number of hydrogen-bond acceptors (Lipinski definition) is 2. The third-order valence-corrected chi connectivity index (χ3v) is 4.01. The molecule has 1 N–H and O–H groups in total. The molecule has 0 spiro atoms. The Morgan fingerprint density at radius 1 is 1.25 bits per heavy atom. The van der Waals surface area contributed by atoms with E-state index in [0.717, 1.165) is 18.8 Å². The van der Waals surface area contributed by atoms with Gasteiger partial charge in [-0.3, -0.25) is 0 Å². The Morgan fingerprint density at radius 2 is 2.10 bits per heavy atom. The summed E-state index contributed by atoms with van der Waals surface area (Å²) in [5.74, 6) is 1.09. The number of hydrogen-bond donors (Lipinski definition) is 1. The lowest BCUT2D eigenvalue weighted by molar-refractivity contribution is 0.357. The van der Waals surface area contributed by atoms with Crippen LogP contribution in [0.15, 0.2) is 18.2 Å². The standard InChI is InChI=1S/C18H29NO/c1-4-5-6-17(19-14(2)3)9-7-15-8-10-18-16(13-15)11-12-20-18/h8,10,13-14,17,19H,4-7,9,11-12H2,1-3H3. The van der Waals surface area contributed by atoms with Gasteiger partial charge in [0.2, 0.25) is 0 Å². The van der Waals surface area contributed by atoms with E-state index in [1.54, 1.807) is 0 Å². The average molecular weight is 275 g/mol. The fourth-order valence-electron chi connectivity index (χ4n) is 2.97. The summed E-state index contributed by atoms with van der Waals surface area (Å²) in [6.07, 6.45) is 7.38. The van der Waals surface area contributed by atoms with E-state index in [1.807, 2.05) is 0 Å². The van der Waals surface area contributed by atoms with Crippen LogP contribution in [0.5, 0.6) is 5.75 Å². The zero-order valence-electron chi connectivity index (χ0n) is 13.2. The van der Waals surface area contributed by atoms with Gasteiger partial charge in [-0.15, -0.1) is 0 Å². The Kier molecular flexibility index (Phi) is 5.90. The molecule has 112 valence electrons. The van der Waals surface area contributed by atoms with Crippen LogP contribution < -0.4 is 10.1 Å². The van der Waals surface area contributed by atoms with Gasteiger partial charge in [-0.25, -0.2) is 0 Å². The van der Waals surface area contributed by atoms with Gasteiger partial charge in [-0.2, -0.15) is 0 Å².